The molecule has 1 aliphatic carbocycles. The molecule has 2 nitrogen and oxygen atoms in total. The molecule has 2 atom stereocenters. The predicted octanol–water partition coefficient (Wildman–Crippen LogP) is 2.89. The van der Waals surface area contributed by atoms with E-state index in [1.807, 2.05) is 20.8 Å². The van der Waals surface area contributed by atoms with Gasteiger partial charge in [0.25, 0.3) is 0 Å². The van der Waals surface area contributed by atoms with Crippen LogP contribution in [0.15, 0.2) is 0 Å². The highest BCUT2D eigenvalue weighted by Crippen LogP contribution is 2.26. The van der Waals surface area contributed by atoms with Gasteiger partial charge in [-0.3, -0.25) is 4.79 Å². The average Bonchev–Trinajstić information content (AvgIpc) is 2.07. The fourth-order valence-corrected chi connectivity index (χ4v) is 2.61. The smallest absolute Gasteiger partial charge is 0.225 e. The quantitative estimate of drug-likeness (QED) is 0.586. The summed E-state index contributed by atoms with van der Waals surface area (Å²) in [7, 11) is 0. The molecule has 0 saturated heterocycles. The van der Waals surface area contributed by atoms with Crippen molar-refractivity contribution in [3.8, 4) is 0 Å². The van der Waals surface area contributed by atoms with Gasteiger partial charge in [-0.2, -0.15) is 0 Å². The average molecular weight is 309 g/mol. The number of hydrogen-bond donors (Lipinski definition) is 1. The predicted molar refractivity (Wildman–Crippen MR) is 67.7 cm³/mol. The number of rotatable bonds is 1. The van der Waals surface area contributed by atoms with Gasteiger partial charge in [0.2, 0.25) is 5.91 Å². The topological polar surface area (TPSA) is 29.1 Å². The van der Waals surface area contributed by atoms with Crippen molar-refractivity contribution in [3.63, 3.8) is 0 Å². The minimum Gasteiger partial charge on any atom is -0.352 e. The van der Waals surface area contributed by atoms with Crippen molar-refractivity contribution in [1.29, 1.82) is 0 Å². The first-order valence-corrected chi connectivity index (χ1v) is 6.61. The molecule has 1 rings (SSSR count). The van der Waals surface area contributed by atoms with E-state index in [0.717, 1.165) is 6.42 Å². The molecule has 1 fully saturated rings. The zero-order chi connectivity index (χ0) is 10.8. The van der Waals surface area contributed by atoms with Crippen LogP contribution in [-0.2, 0) is 4.79 Å². The number of hydrogen-bond acceptors (Lipinski definition) is 1. The molecule has 0 aliphatic heterocycles. The first-order chi connectivity index (χ1) is 6.41. The monoisotopic (exact) mass is 309 g/mol. The van der Waals surface area contributed by atoms with Crippen molar-refractivity contribution in [1.82, 2.24) is 5.32 Å². The van der Waals surface area contributed by atoms with Gasteiger partial charge in [-0.15, -0.1) is 0 Å². The van der Waals surface area contributed by atoms with E-state index in [-0.39, 0.29) is 11.3 Å². The van der Waals surface area contributed by atoms with E-state index in [1.54, 1.807) is 0 Å². The van der Waals surface area contributed by atoms with Crippen LogP contribution in [0.1, 0.15) is 46.5 Å². The lowest BCUT2D eigenvalue weighted by atomic mass is 9.91. The highest BCUT2D eigenvalue weighted by Gasteiger charge is 2.28. The maximum absolute atomic E-state index is 11.8. The minimum absolute atomic E-state index is 0.186. The molecule has 3 heteroatoms. The molecule has 0 aromatic heterocycles. The lowest BCUT2D eigenvalue weighted by Gasteiger charge is -2.30. The van der Waals surface area contributed by atoms with Crippen LogP contribution in [0, 0.1) is 5.41 Å². The first kappa shape index (κ1) is 12.3. The van der Waals surface area contributed by atoms with Crippen molar-refractivity contribution in [3.05, 3.63) is 0 Å². The van der Waals surface area contributed by atoms with Gasteiger partial charge < -0.3 is 5.32 Å². The zero-order valence-electron chi connectivity index (χ0n) is 9.27. The highest BCUT2D eigenvalue weighted by molar-refractivity contribution is 14.1. The van der Waals surface area contributed by atoms with Crippen molar-refractivity contribution in [2.24, 2.45) is 5.41 Å². The third-order valence-corrected chi connectivity index (χ3v) is 4.17. The first-order valence-electron chi connectivity index (χ1n) is 5.36. The zero-order valence-corrected chi connectivity index (χ0v) is 11.4. The maximum Gasteiger partial charge on any atom is 0.225 e. The summed E-state index contributed by atoms with van der Waals surface area (Å²) in [6.45, 7) is 5.90. The summed E-state index contributed by atoms with van der Waals surface area (Å²) >= 11 is 2.47. The second-order valence-electron chi connectivity index (χ2n) is 5.13. The highest BCUT2D eigenvalue weighted by atomic mass is 127. The largest absolute Gasteiger partial charge is 0.352 e. The summed E-state index contributed by atoms with van der Waals surface area (Å²) in [5.41, 5.74) is -0.256. The van der Waals surface area contributed by atoms with Crippen LogP contribution in [0.4, 0.5) is 0 Å². The molecule has 0 aromatic rings. The summed E-state index contributed by atoms with van der Waals surface area (Å²) in [6, 6.07) is 0.399. The maximum atomic E-state index is 11.8. The van der Waals surface area contributed by atoms with E-state index in [9.17, 15) is 4.79 Å². The Morgan fingerprint density at radius 2 is 1.86 bits per heavy atom. The van der Waals surface area contributed by atoms with Gasteiger partial charge in [0.05, 0.1) is 0 Å². The van der Waals surface area contributed by atoms with Gasteiger partial charge in [0, 0.05) is 15.4 Å². The van der Waals surface area contributed by atoms with E-state index >= 15 is 0 Å². The van der Waals surface area contributed by atoms with Crippen LogP contribution in [0.3, 0.4) is 0 Å². The van der Waals surface area contributed by atoms with E-state index in [1.165, 1.54) is 19.3 Å². The van der Waals surface area contributed by atoms with Gasteiger partial charge >= 0.3 is 0 Å². The Kier molecular flexibility index (Phi) is 4.22. The molecular weight excluding hydrogens is 289 g/mol. The van der Waals surface area contributed by atoms with Crippen LogP contribution in [0.5, 0.6) is 0 Å². The molecule has 0 spiro atoms. The Hall–Kier alpha value is 0.200. The van der Waals surface area contributed by atoms with Gasteiger partial charge in [-0.05, 0) is 12.8 Å². The number of amides is 1. The second-order valence-corrected chi connectivity index (χ2v) is 6.73. The summed E-state index contributed by atoms with van der Waals surface area (Å²) in [6.07, 6.45) is 4.97. The molecule has 1 aliphatic rings. The number of carbonyl (C=O) groups is 1. The van der Waals surface area contributed by atoms with E-state index in [2.05, 4.69) is 27.9 Å². The number of alkyl halides is 1. The molecule has 14 heavy (non-hydrogen) atoms. The molecule has 1 amide bonds. The third kappa shape index (κ3) is 3.41. The molecule has 1 N–H and O–H groups in total. The normalized spacial score (nSPS) is 28.6. The standard InChI is InChI=1S/C11H20INO/c1-11(2,3)10(14)13-9-7-5-4-6-8(9)12/h8-9H,4-7H2,1-3H3,(H,13,14)/t8-,9-/m1/s1. The fraction of sp³-hybridized carbons (Fsp3) is 0.909. The van der Waals surface area contributed by atoms with Gasteiger partial charge in [0.1, 0.15) is 0 Å². The Morgan fingerprint density at radius 3 is 2.36 bits per heavy atom. The SMILES string of the molecule is CC(C)(C)C(=O)N[C@@H]1CCCC[C@H]1I. The lowest BCUT2D eigenvalue weighted by molar-refractivity contribution is -0.129. The molecular formula is C11H20INO. The van der Waals surface area contributed by atoms with E-state index in [0.29, 0.717) is 9.97 Å². The lowest BCUT2D eigenvalue weighted by Crippen LogP contribution is -2.46. The van der Waals surface area contributed by atoms with Crippen LogP contribution >= 0.6 is 22.6 Å². The summed E-state index contributed by atoms with van der Waals surface area (Å²) in [5, 5.41) is 3.16. The van der Waals surface area contributed by atoms with E-state index < -0.39 is 0 Å². The minimum atomic E-state index is -0.256. The molecule has 0 aromatic carbocycles. The van der Waals surface area contributed by atoms with Crippen molar-refractivity contribution in [2.75, 3.05) is 0 Å². The molecule has 1 saturated carbocycles. The molecule has 0 heterocycles. The van der Waals surface area contributed by atoms with Crippen LogP contribution < -0.4 is 5.32 Å². The molecule has 82 valence electrons. The molecule has 0 bridgehead atoms. The van der Waals surface area contributed by atoms with Gasteiger partial charge in [0.15, 0.2) is 0 Å². The fourth-order valence-electron chi connectivity index (χ4n) is 1.63. The summed E-state index contributed by atoms with van der Waals surface area (Å²) in [4.78, 5) is 11.8. The number of halogens is 1. The molecule has 0 radical (unpaired) electrons. The van der Waals surface area contributed by atoms with Gasteiger partial charge in [-0.1, -0.05) is 56.2 Å². The summed E-state index contributed by atoms with van der Waals surface area (Å²) < 4.78 is 0.618. The van der Waals surface area contributed by atoms with Crippen molar-refractivity contribution < 1.29 is 4.79 Å². The van der Waals surface area contributed by atoms with Gasteiger partial charge in [-0.25, -0.2) is 0 Å². The van der Waals surface area contributed by atoms with Crippen LogP contribution in [0.2, 0.25) is 0 Å². The third-order valence-electron chi connectivity index (χ3n) is 2.68. The van der Waals surface area contributed by atoms with Crippen LogP contribution in [0.25, 0.3) is 0 Å². The number of carbonyl (C=O) groups excluding carboxylic acids is 1. The Bertz CT molecular complexity index is 210. The van der Waals surface area contributed by atoms with Crippen molar-refractivity contribution >= 4 is 28.5 Å². The van der Waals surface area contributed by atoms with Crippen molar-refractivity contribution in [2.45, 2.75) is 56.4 Å². The molecule has 0 unspecified atom stereocenters. The van der Waals surface area contributed by atoms with E-state index in [4.69, 9.17) is 0 Å². The Balaban J connectivity index is 2.46. The Morgan fingerprint density at radius 1 is 1.29 bits per heavy atom. The number of nitrogens with one attached hydrogen (secondary N) is 1. The second kappa shape index (κ2) is 4.81. The van der Waals surface area contributed by atoms with Crippen LogP contribution in [-0.4, -0.2) is 15.9 Å². The summed E-state index contributed by atoms with van der Waals surface area (Å²) in [5.74, 6) is 0.186. The Labute approximate surface area is 100 Å².